The van der Waals surface area contributed by atoms with E-state index in [0.29, 0.717) is 12.5 Å². The molecule has 0 radical (unpaired) electrons. The molecule has 1 aromatic carbocycles. The maximum Gasteiger partial charge on any atom is 0.0713 e. The Labute approximate surface area is 88.2 Å². The van der Waals surface area contributed by atoms with Crippen molar-refractivity contribution in [3.63, 3.8) is 0 Å². The Morgan fingerprint density at radius 2 is 1.92 bits per heavy atom. The van der Waals surface area contributed by atoms with Gasteiger partial charge >= 0.3 is 0 Å². The van der Waals surface area contributed by atoms with Gasteiger partial charge in [0.2, 0.25) is 0 Å². The van der Waals surface area contributed by atoms with Crippen LogP contribution in [0.15, 0.2) is 24.3 Å². The van der Waals surface area contributed by atoms with Crippen molar-refractivity contribution in [2.45, 2.75) is 19.4 Å². The summed E-state index contributed by atoms with van der Waals surface area (Å²) in [6, 6.07) is 8.58. The predicted molar refractivity (Wildman–Crippen MR) is 59.4 cm³/mol. The monoisotopic (exact) mass is 242 g/mol. The van der Waals surface area contributed by atoms with Crippen LogP contribution in [0.1, 0.15) is 24.0 Å². The van der Waals surface area contributed by atoms with E-state index in [-0.39, 0.29) is 0 Å². The molecule has 0 amide bonds. The summed E-state index contributed by atoms with van der Waals surface area (Å²) in [6.45, 7) is 2.91. The van der Waals surface area contributed by atoms with Crippen LogP contribution < -0.4 is 0 Å². The number of ether oxygens (including phenoxy) is 1. The second kappa shape index (κ2) is 5.40. The van der Waals surface area contributed by atoms with Gasteiger partial charge in [-0.05, 0) is 17.0 Å². The lowest BCUT2D eigenvalue weighted by Gasteiger charge is -2.08. The molecule has 0 heterocycles. The minimum absolute atomic E-state index is 0.580. The van der Waals surface area contributed by atoms with Crippen LogP contribution in [-0.2, 0) is 11.3 Å². The first-order chi connectivity index (χ1) is 6.27. The Kier molecular flexibility index (Phi) is 4.46. The lowest BCUT2D eigenvalue weighted by molar-refractivity contribution is 0.185. The SMILES string of the molecule is COCc1ccc(C(C)CBr)cc1. The molecule has 13 heavy (non-hydrogen) atoms. The zero-order valence-corrected chi connectivity index (χ0v) is 9.67. The van der Waals surface area contributed by atoms with Gasteiger partial charge in [-0.2, -0.15) is 0 Å². The van der Waals surface area contributed by atoms with E-state index in [9.17, 15) is 0 Å². The van der Waals surface area contributed by atoms with Crippen LogP contribution in [0.25, 0.3) is 0 Å². The molecule has 72 valence electrons. The highest BCUT2D eigenvalue weighted by Crippen LogP contribution is 2.17. The molecule has 0 aliphatic rings. The standard InChI is InChI=1S/C11H15BrO/c1-9(7-12)11-5-3-10(4-6-11)8-13-2/h3-6,9H,7-8H2,1-2H3. The number of alkyl halides is 1. The maximum absolute atomic E-state index is 5.05. The van der Waals surface area contributed by atoms with Crippen molar-refractivity contribution in [3.05, 3.63) is 35.4 Å². The number of halogens is 1. The lowest BCUT2D eigenvalue weighted by atomic mass is 10.0. The Morgan fingerprint density at radius 1 is 1.31 bits per heavy atom. The summed E-state index contributed by atoms with van der Waals surface area (Å²) in [5.41, 5.74) is 2.60. The van der Waals surface area contributed by atoms with E-state index in [1.807, 2.05) is 0 Å². The van der Waals surface area contributed by atoms with Crippen molar-refractivity contribution in [3.8, 4) is 0 Å². The van der Waals surface area contributed by atoms with E-state index in [2.05, 4.69) is 47.1 Å². The summed E-state index contributed by atoms with van der Waals surface area (Å²) in [4.78, 5) is 0. The Balaban J connectivity index is 2.69. The number of rotatable bonds is 4. The van der Waals surface area contributed by atoms with Crippen LogP contribution in [-0.4, -0.2) is 12.4 Å². The van der Waals surface area contributed by atoms with E-state index in [1.165, 1.54) is 11.1 Å². The fourth-order valence-corrected chi connectivity index (χ4v) is 1.57. The third kappa shape index (κ3) is 3.12. The second-order valence-electron chi connectivity index (χ2n) is 3.23. The van der Waals surface area contributed by atoms with Gasteiger partial charge in [0.25, 0.3) is 0 Å². The molecule has 0 saturated heterocycles. The molecule has 1 aromatic rings. The van der Waals surface area contributed by atoms with Gasteiger partial charge in [-0.1, -0.05) is 47.1 Å². The molecule has 0 N–H and O–H groups in total. The zero-order valence-electron chi connectivity index (χ0n) is 8.09. The van der Waals surface area contributed by atoms with E-state index in [4.69, 9.17) is 4.74 Å². The van der Waals surface area contributed by atoms with Crippen molar-refractivity contribution in [1.29, 1.82) is 0 Å². The van der Waals surface area contributed by atoms with Crippen molar-refractivity contribution >= 4 is 15.9 Å². The van der Waals surface area contributed by atoms with Crippen LogP contribution in [0.4, 0.5) is 0 Å². The van der Waals surface area contributed by atoms with E-state index >= 15 is 0 Å². The van der Waals surface area contributed by atoms with Gasteiger partial charge in [0.1, 0.15) is 0 Å². The van der Waals surface area contributed by atoms with Crippen LogP contribution in [0.3, 0.4) is 0 Å². The van der Waals surface area contributed by atoms with Gasteiger partial charge in [0.05, 0.1) is 6.61 Å². The molecular weight excluding hydrogens is 228 g/mol. The van der Waals surface area contributed by atoms with Crippen LogP contribution in [0.2, 0.25) is 0 Å². The zero-order chi connectivity index (χ0) is 9.68. The summed E-state index contributed by atoms with van der Waals surface area (Å²) >= 11 is 3.48. The Morgan fingerprint density at radius 3 is 2.38 bits per heavy atom. The van der Waals surface area contributed by atoms with E-state index in [0.717, 1.165) is 5.33 Å². The molecule has 1 nitrogen and oxygen atoms in total. The summed E-state index contributed by atoms with van der Waals surface area (Å²) < 4.78 is 5.05. The minimum atomic E-state index is 0.580. The largest absolute Gasteiger partial charge is 0.380 e. The molecule has 0 aliphatic carbocycles. The highest BCUT2D eigenvalue weighted by atomic mass is 79.9. The van der Waals surface area contributed by atoms with Crippen molar-refractivity contribution in [1.82, 2.24) is 0 Å². The van der Waals surface area contributed by atoms with E-state index < -0.39 is 0 Å². The fourth-order valence-electron chi connectivity index (χ4n) is 1.20. The van der Waals surface area contributed by atoms with Gasteiger partial charge in [-0.25, -0.2) is 0 Å². The third-order valence-corrected chi connectivity index (χ3v) is 3.06. The van der Waals surface area contributed by atoms with E-state index in [1.54, 1.807) is 7.11 Å². The van der Waals surface area contributed by atoms with Gasteiger partial charge in [0.15, 0.2) is 0 Å². The van der Waals surface area contributed by atoms with Gasteiger partial charge < -0.3 is 4.74 Å². The predicted octanol–water partition coefficient (Wildman–Crippen LogP) is 3.33. The number of hydrogen-bond acceptors (Lipinski definition) is 1. The summed E-state index contributed by atoms with van der Waals surface area (Å²) in [6.07, 6.45) is 0. The molecule has 1 atom stereocenters. The Hall–Kier alpha value is -0.340. The number of methoxy groups -OCH3 is 1. The molecule has 2 heteroatoms. The van der Waals surface area contributed by atoms with Gasteiger partial charge in [-0.15, -0.1) is 0 Å². The quantitative estimate of drug-likeness (QED) is 0.737. The third-order valence-electron chi connectivity index (χ3n) is 2.09. The summed E-state index contributed by atoms with van der Waals surface area (Å²) in [7, 11) is 1.72. The molecule has 0 aromatic heterocycles. The topological polar surface area (TPSA) is 9.23 Å². The average Bonchev–Trinajstić information content (AvgIpc) is 2.18. The Bertz CT molecular complexity index is 243. The molecule has 1 unspecified atom stereocenters. The first-order valence-corrected chi connectivity index (χ1v) is 5.53. The number of hydrogen-bond donors (Lipinski definition) is 0. The molecule has 0 aliphatic heterocycles. The van der Waals surface area contributed by atoms with Gasteiger partial charge in [-0.3, -0.25) is 0 Å². The minimum Gasteiger partial charge on any atom is -0.380 e. The second-order valence-corrected chi connectivity index (χ2v) is 3.88. The van der Waals surface area contributed by atoms with Crippen LogP contribution >= 0.6 is 15.9 Å². The highest BCUT2D eigenvalue weighted by Gasteiger charge is 2.02. The first-order valence-electron chi connectivity index (χ1n) is 4.41. The normalized spacial score (nSPS) is 12.8. The molecule has 0 saturated carbocycles. The first kappa shape index (κ1) is 10.7. The summed E-state index contributed by atoms with van der Waals surface area (Å²) in [5.74, 6) is 0.580. The van der Waals surface area contributed by atoms with Crippen molar-refractivity contribution < 1.29 is 4.74 Å². The van der Waals surface area contributed by atoms with Crippen molar-refractivity contribution in [2.24, 2.45) is 0 Å². The fraction of sp³-hybridized carbons (Fsp3) is 0.455. The van der Waals surface area contributed by atoms with Gasteiger partial charge in [0, 0.05) is 12.4 Å². The smallest absolute Gasteiger partial charge is 0.0713 e. The average molecular weight is 243 g/mol. The summed E-state index contributed by atoms with van der Waals surface area (Å²) in [5, 5.41) is 1.01. The van der Waals surface area contributed by atoms with Crippen molar-refractivity contribution in [2.75, 3.05) is 12.4 Å². The maximum atomic E-state index is 5.05. The lowest BCUT2D eigenvalue weighted by Crippen LogP contribution is -1.95. The molecular formula is C11H15BrO. The number of benzene rings is 1. The molecule has 0 bridgehead atoms. The molecule has 0 fully saturated rings. The molecule has 1 rings (SSSR count). The van der Waals surface area contributed by atoms with Crippen LogP contribution in [0, 0.1) is 0 Å². The molecule has 0 spiro atoms. The van der Waals surface area contributed by atoms with Crippen LogP contribution in [0.5, 0.6) is 0 Å². The highest BCUT2D eigenvalue weighted by molar-refractivity contribution is 9.09.